The number of aliphatic carboxylic acids is 1. The number of esters is 2. The van der Waals surface area contributed by atoms with Crippen LogP contribution in [-0.2, 0) is 35.7 Å². The van der Waals surface area contributed by atoms with Crippen molar-refractivity contribution in [3.8, 4) is 11.5 Å². The van der Waals surface area contributed by atoms with Crippen LogP contribution in [0, 0.1) is 11.8 Å². The minimum Gasteiger partial charge on any atom is -0.493 e. The van der Waals surface area contributed by atoms with Crippen LogP contribution >= 0.6 is 0 Å². The van der Waals surface area contributed by atoms with Crippen molar-refractivity contribution in [1.82, 2.24) is 0 Å². The van der Waals surface area contributed by atoms with E-state index in [1.165, 1.54) is 0 Å². The molecule has 1 unspecified atom stereocenters. The quantitative estimate of drug-likeness (QED) is 0.470. The summed E-state index contributed by atoms with van der Waals surface area (Å²) in [6, 6.07) is 12.1. The van der Waals surface area contributed by atoms with E-state index in [1.807, 2.05) is 12.1 Å². The maximum atomic E-state index is 12.9. The Labute approximate surface area is 231 Å². The molecule has 1 spiro atoms. The average Bonchev–Trinajstić information content (AvgIpc) is 3.30. The first-order chi connectivity index (χ1) is 19.2. The average molecular weight is 549 g/mol. The molecule has 2 bridgehead atoms. The van der Waals surface area contributed by atoms with Crippen LogP contribution in [0.4, 0.5) is 0 Å². The number of methoxy groups -OCH3 is 1. The minimum atomic E-state index is -1.47. The van der Waals surface area contributed by atoms with Crippen LogP contribution in [0.25, 0.3) is 0 Å². The number of carboxylic acid groups (broad SMARTS) is 1. The summed E-state index contributed by atoms with van der Waals surface area (Å²) >= 11 is 0. The molecular weight excluding hydrogens is 516 g/mol. The van der Waals surface area contributed by atoms with E-state index in [0.717, 1.165) is 24.0 Å². The summed E-state index contributed by atoms with van der Waals surface area (Å²) < 4.78 is 23.0. The molecule has 1 aliphatic heterocycles. The van der Waals surface area contributed by atoms with Gasteiger partial charge in [0.15, 0.2) is 17.6 Å². The van der Waals surface area contributed by atoms with Crippen LogP contribution in [0.5, 0.6) is 11.5 Å². The number of hydrogen-bond donors (Lipinski definition) is 2. The highest BCUT2D eigenvalue weighted by Gasteiger charge is 2.72. The highest BCUT2D eigenvalue weighted by Crippen LogP contribution is 2.68. The lowest BCUT2D eigenvalue weighted by Gasteiger charge is -2.61. The van der Waals surface area contributed by atoms with Crippen LogP contribution in [0.15, 0.2) is 54.3 Å². The SMILES string of the molecule is COc1ccc2c3c1O[C@H]1C(OC(=O)CCC(=O)O[C@H](C(=O)O)c4ccccc4)=CC[C@@]4(O)[C@@H](C2)C(C)CC[C@]314. The van der Waals surface area contributed by atoms with Crippen LogP contribution < -0.4 is 9.47 Å². The van der Waals surface area contributed by atoms with Crippen LogP contribution in [0.3, 0.4) is 0 Å². The molecule has 0 aromatic heterocycles. The van der Waals surface area contributed by atoms with Crippen LogP contribution in [0.1, 0.15) is 61.8 Å². The van der Waals surface area contributed by atoms with Crippen LogP contribution in [-0.4, -0.2) is 46.9 Å². The molecule has 9 heteroatoms. The van der Waals surface area contributed by atoms with Gasteiger partial charge in [0.05, 0.1) is 31.0 Å². The fourth-order valence-electron chi connectivity index (χ4n) is 7.43. The van der Waals surface area contributed by atoms with Crippen molar-refractivity contribution in [2.45, 2.75) is 68.7 Å². The van der Waals surface area contributed by atoms with Gasteiger partial charge in [-0.3, -0.25) is 9.59 Å². The molecule has 40 heavy (non-hydrogen) atoms. The van der Waals surface area contributed by atoms with Gasteiger partial charge in [-0.2, -0.15) is 0 Å². The standard InChI is InChI=1S/C31H32O9/c1-17-12-14-30-25-19-8-9-21(37-2)27(25)40-28(30)22(13-15-31(30,36)20(17)16-19)38-23(32)10-11-24(33)39-26(29(34)35)18-6-4-3-5-7-18/h3-9,13,17,20,26,28,36H,10-12,14-16H2,1-2H3,(H,34,35)/t17?,20-,26-,28-,30-,31+/m0/s1. The van der Waals surface area contributed by atoms with Crippen molar-refractivity contribution in [2.75, 3.05) is 7.11 Å². The van der Waals surface area contributed by atoms with Gasteiger partial charge in [-0.05, 0) is 55.2 Å². The number of rotatable bonds is 8. The van der Waals surface area contributed by atoms with Crippen molar-refractivity contribution < 1.29 is 43.5 Å². The molecule has 9 nitrogen and oxygen atoms in total. The third kappa shape index (κ3) is 3.82. The molecule has 3 aliphatic carbocycles. The molecule has 0 amide bonds. The van der Waals surface area contributed by atoms with E-state index < -0.39 is 41.1 Å². The molecule has 1 fully saturated rings. The number of benzene rings is 2. The molecule has 4 aliphatic rings. The highest BCUT2D eigenvalue weighted by molar-refractivity contribution is 5.82. The zero-order valence-electron chi connectivity index (χ0n) is 22.4. The summed E-state index contributed by atoms with van der Waals surface area (Å²) in [4.78, 5) is 37.0. The first kappa shape index (κ1) is 26.4. The number of carbonyl (C=O) groups excluding carboxylic acids is 2. The summed E-state index contributed by atoms with van der Waals surface area (Å²) in [6.45, 7) is 2.18. The van der Waals surface area contributed by atoms with Crippen molar-refractivity contribution in [3.05, 3.63) is 71.0 Å². The second-order valence-corrected chi connectivity index (χ2v) is 11.3. The second-order valence-electron chi connectivity index (χ2n) is 11.3. The Morgan fingerprint density at radius 2 is 1.85 bits per heavy atom. The van der Waals surface area contributed by atoms with E-state index in [0.29, 0.717) is 41.6 Å². The highest BCUT2D eigenvalue weighted by atomic mass is 16.6. The summed E-state index contributed by atoms with van der Waals surface area (Å²) in [6.07, 6.45) is 1.56. The topological polar surface area (TPSA) is 129 Å². The molecule has 6 rings (SSSR count). The van der Waals surface area contributed by atoms with Gasteiger partial charge in [0, 0.05) is 11.1 Å². The Bertz CT molecular complexity index is 1400. The van der Waals surface area contributed by atoms with Gasteiger partial charge in [0.25, 0.3) is 0 Å². The monoisotopic (exact) mass is 548 g/mol. The molecule has 1 heterocycles. The van der Waals surface area contributed by atoms with Gasteiger partial charge in [-0.1, -0.05) is 43.3 Å². The fraction of sp³-hybridized carbons (Fsp3) is 0.452. The lowest BCUT2D eigenvalue weighted by Crippen LogP contribution is -2.69. The van der Waals surface area contributed by atoms with Gasteiger partial charge >= 0.3 is 17.9 Å². The minimum absolute atomic E-state index is 0.0364. The summed E-state index contributed by atoms with van der Waals surface area (Å²) in [5, 5.41) is 21.8. The maximum absolute atomic E-state index is 12.9. The van der Waals surface area contributed by atoms with E-state index in [4.69, 9.17) is 18.9 Å². The van der Waals surface area contributed by atoms with Crippen molar-refractivity contribution in [2.24, 2.45) is 11.8 Å². The molecule has 1 saturated carbocycles. The Morgan fingerprint density at radius 3 is 2.58 bits per heavy atom. The van der Waals surface area contributed by atoms with E-state index in [9.17, 15) is 24.6 Å². The van der Waals surface area contributed by atoms with Gasteiger partial charge in [0.2, 0.25) is 6.10 Å². The van der Waals surface area contributed by atoms with E-state index >= 15 is 0 Å². The molecule has 6 atom stereocenters. The second kappa shape index (κ2) is 9.66. The number of carbonyl (C=O) groups is 3. The Kier molecular flexibility index (Phi) is 6.37. The number of hydrogen-bond acceptors (Lipinski definition) is 8. The van der Waals surface area contributed by atoms with Gasteiger partial charge < -0.3 is 29.2 Å². The van der Waals surface area contributed by atoms with Crippen molar-refractivity contribution in [3.63, 3.8) is 0 Å². The Balaban J connectivity index is 1.20. The molecule has 2 aromatic carbocycles. The number of aliphatic hydroxyl groups is 1. The van der Waals surface area contributed by atoms with Crippen molar-refractivity contribution >= 4 is 17.9 Å². The molecule has 0 radical (unpaired) electrons. The Morgan fingerprint density at radius 1 is 1.10 bits per heavy atom. The molecule has 2 N–H and O–H groups in total. The fourth-order valence-corrected chi connectivity index (χ4v) is 7.43. The zero-order chi connectivity index (χ0) is 28.2. The first-order valence-corrected chi connectivity index (χ1v) is 13.7. The number of carboxylic acids is 1. The predicted octanol–water partition coefficient (Wildman–Crippen LogP) is 4.01. The first-order valence-electron chi connectivity index (χ1n) is 13.7. The van der Waals surface area contributed by atoms with Gasteiger partial charge in [0.1, 0.15) is 5.76 Å². The summed E-state index contributed by atoms with van der Waals surface area (Å²) in [5.41, 5.74) is 0.582. The predicted molar refractivity (Wildman–Crippen MR) is 141 cm³/mol. The third-order valence-electron chi connectivity index (χ3n) is 9.28. The molecular formula is C31H32O9. The smallest absolute Gasteiger partial charge is 0.349 e. The summed E-state index contributed by atoms with van der Waals surface area (Å²) in [7, 11) is 1.57. The van der Waals surface area contributed by atoms with Crippen LogP contribution in [0.2, 0.25) is 0 Å². The zero-order valence-corrected chi connectivity index (χ0v) is 22.4. The number of ether oxygens (including phenoxy) is 4. The lowest BCUT2D eigenvalue weighted by atomic mass is 9.45. The largest absolute Gasteiger partial charge is 0.493 e. The van der Waals surface area contributed by atoms with E-state index in [2.05, 4.69) is 6.92 Å². The molecule has 210 valence electrons. The molecule has 0 saturated heterocycles. The maximum Gasteiger partial charge on any atom is 0.349 e. The van der Waals surface area contributed by atoms with Gasteiger partial charge in [-0.15, -0.1) is 0 Å². The normalized spacial score (nSPS) is 29.8. The Hall–Kier alpha value is -3.85. The third-order valence-corrected chi connectivity index (χ3v) is 9.28. The van der Waals surface area contributed by atoms with Crippen molar-refractivity contribution in [1.29, 1.82) is 0 Å². The lowest BCUT2D eigenvalue weighted by molar-refractivity contribution is -0.171. The van der Waals surface area contributed by atoms with E-state index in [1.54, 1.807) is 43.5 Å². The van der Waals surface area contributed by atoms with E-state index in [-0.39, 0.29) is 18.8 Å². The summed E-state index contributed by atoms with van der Waals surface area (Å²) in [5.74, 6) is -0.962. The van der Waals surface area contributed by atoms with Gasteiger partial charge in [-0.25, -0.2) is 4.79 Å². The molecule has 2 aromatic rings.